The molecule has 0 aliphatic carbocycles. The summed E-state index contributed by atoms with van der Waals surface area (Å²) in [7, 11) is -8.43. The second kappa shape index (κ2) is 19.6. The summed E-state index contributed by atoms with van der Waals surface area (Å²) in [5, 5.41) is 0. The highest BCUT2D eigenvalue weighted by Gasteiger charge is 2.43. The van der Waals surface area contributed by atoms with Crippen LogP contribution in [0.25, 0.3) is 11.1 Å². The van der Waals surface area contributed by atoms with Crippen molar-refractivity contribution in [3.8, 4) is 34.1 Å². The van der Waals surface area contributed by atoms with Crippen molar-refractivity contribution in [3.05, 3.63) is 181 Å². The first-order chi connectivity index (χ1) is 28.0. The Hall–Kier alpha value is -5.10. The van der Waals surface area contributed by atoms with E-state index in [1.165, 1.54) is 0 Å². The summed E-state index contributed by atoms with van der Waals surface area (Å²) >= 11 is 0. The number of phosphoric ester groups is 2. The van der Waals surface area contributed by atoms with Gasteiger partial charge in [0.05, 0.1) is 0 Å². The summed E-state index contributed by atoms with van der Waals surface area (Å²) in [5.74, 6) is 1.45. The molecule has 10 heteroatoms. The van der Waals surface area contributed by atoms with Gasteiger partial charge in [0.2, 0.25) is 0 Å². The highest BCUT2D eigenvalue weighted by Crippen LogP contribution is 2.57. The lowest BCUT2D eigenvalue weighted by atomic mass is 9.89. The summed E-state index contributed by atoms with van der Waals surface area (Å²) in [6.07, 6.45) is 4.72. The topological polar surface area (TPSA) is 89.5 Å². The van der Waals surface area contributed by atoms with Crippen LogP contribution >= 0.6 is 15.6 Å². The summed E-state index contributed by atoms with van der Waals surface area (Å²) in [4.78, 5) is 0. The Kier molecular flexibility index (Phi) is 14.3. The molecule has 0 bridgehead atoms. The molecule has 0 aliphatic rings. The molecule has 0 spiro atoms. The monoisotopic (exact) mass is 818 g/mol. The largest absolute Gasteiger partial charge is 0.588 e. The number of hydrogen-bond acceptors (Lipinski definition) is 8. The van der Waals surface area contributed by atoms with Crippen molar-refractivity contribution in [2.24, 2.45) is 0 Å². The first-order valence-corrected chi connectivity index (χ1v) is 22.8. The summed E-state index contributed by atoms with van der Waals surface area (Å²) in [6.45, 7) is 8.06. The Morgan fingerprint density at radius 2 is 0.690 bits per heavy atom. The zero-order valence-electron chi connectivity index (χ0n) is 33.6. The van der Waals surface area contributed by atoms with Gasteiger partial charge in [0.1, 0.15) is 34.2 Å². The molecule has 0 aromatic heterocycles. The van der Waals surface area contributed by atoms with Crippen LogP contribution in [0.1, 0.15) is 77.3 Å². The molecule has 3 unspecified atom stereocenters. The van der Waals surface area contributed by atoms with E-state index in [1.54, 1.807) is 84.9 Å². The second-order valence-electron chi connectivity index (χ2n) is 14.5. The van der Waals surface area contributed by atoms with Crippen molar-refractivity contribution in [1.29, 1.82) is 0 Å². The van der Waals surface area contributed by atoms with E-state index in [0.717, 1.165) is 47.9 Å². The summed E-state index contributed by atoms with van der Waals surface area (Å²) in [5.41, 5.74) is 1.57. The maximum Gasteiger partial charge on any atom is 0.588 e. The van der Waals surface area contributed by atoms with E-state index in [4.69, 9.17) is 27.1 Å². The van der Waals surface area contributed by atoms with E-state index in [2.05, 4.69) is 13.8 Å². The predicted molar refractivity (Wildman–Crippen MR) is 231 cm³/mol. The lowest BCUT2D eigenvalue weighted by Crippen LogP contribution is -2.27. The third-order valence-corrected chi connectivity index (χ3v) is 12.8. The number of phosphoric acid groups is 2. The molecule has 6 aromatic carbocycles. The van der Waals surface area contributed by atoms with E-state index >= 15 is 0 Å². The fraction of sp³-hybridized carbons (Fsp3) is 0.250. The van der Waals surface area contributed by atoms with E-state index < -0.39 is 26.8 Å². The van der Waals surface area contributed by atoms with Gasteiger partial charge in [-0.15, -0.1) is 0 Å². The van der Waals surface area contributed by atoms with Crippen LogP contribution in [0.3, 0.4) is 0 Å². The van der Waals surface area contributed by atoms with Crippen LogP contribution < -0.4 is 18.1 Å². The molecule has 8 nitrogen and oxygen atoms in total. The Morgan fingerprint density at radius 3 is 1.03 bits per heavy atom. The molecule has 0 aliphatic heterocycles. The molecular weight excluding hydrogens is 766 g/mol. The Bertz CT molecular complexity index is 2190. The molecule has 6 aromatic rings. The van der Waals surface area contributed by atoms with Crippen molar-refractivity contribution in [3.63, 3.8) is 0 Å². The van der Waals surface area contributed by atoms with Gasteiger partial charge >= 0.3 is 15.6 Å². The lowest BCUT2D eigenvalue weighted by Gasteiger charge is -2.33. The SMILES string of the molecule is CCCCC(C)(OP(=O)(Oc1ccccc1)Oc1ccc(-c2ccc(C(C)(CCCC)OP(=O)(Oc3ccccc3)Oc3ccccc3)cc2)cc1)c1ccccc1. The van der Waals surface area contributed by atoms with Crippen molar-refractivity contribution in [2.45, 2.75) is 77.4 Å². The Labute approximate surface area is 343 Å². The fourth-order valence-electron chi connectivity index (χ4n) is 6.59. The van der Waals surface area contributed by atoms with Crippen molar-refractivity contribution in [1.82, 2.24) is 0 Å². The van der Waals surface area contributed by atoms with Gasteiger partial charge in [-0.05, 0) is 97.5 Å². The van der Waals surface area contributed by atoms with Crippen molar-refractivity contribution in [2.75, 3.05) is 0 Å². The summed E-state index contributed by atoms with van der Waals surface area (Å²) in [6, 6.07) is 51.7. The van der Waals surface area contributed by atoms with Gasteiger partial charge in [0, 0.05) is 0 Å². The minimum absolute atomic E-state index is 0.332. The second-order valence-corrected chi connectivity index (χ2v) is 17.4. The average molecular weight is 819 g/mol. The number of rotatable bonds is 21. The molecule has 0 heterocycles. The van der Waals surface area contributed by atoms with Crippen molar-refractivity contribution < 1.29 is 36.3 Å². The molecule has 0 amide bonds. The lowest BCUT2D eigenvalue weighted by molar-refractivity contribution is 0.0420. The molecular formula is C48H52O8P2. The minimum Gasteiger partial charge on any atom is -0.395 e. The molecule has 0 N–H and O–H groups in total. The van der Waals surface area contributed by atoms with Gasteiger partial charge in [-0.25, -0.2) is 9.13 Å². The normalized spacial score (nSPS) is 14.6. The van der Waals surface area contributed by atoms with E-state index in [-0.39, 0.29) is 0 Å². The predicted octanol–water partition coefficient (Wildman–Crippen LogP) is 14.7. The number of unbranched alkanes of at least 4 members (excludes halogenated alkanes) is 2. The Balaban J connectivity index is 1.24. The standard InChI is InChI=1S/C48H52O8P2/c1-5-7-37-47(3,41-21-13-9-14-22-41)55-58(50,53-45-27-19-12-20-28-45)54-46-35-31-40(32-36-46)39-29-33-42(34-30-39)48(4,38-8-6-2)56-57(49,51-43-23-15-10-16-24-43)52-44-25-17-11-18-26-44/h9-36H,5-8,37-38H2,1-4H3. The van der Waals surface area contributed by atoms with E-state index in [9.17, 15) is 9.13 Å². The van der Waals surface area contributed by atoms with Crippen LogP contribution in [0.2, 0.25) is 0 Å². The first kappa shape index (κ1) is 42.5. The maximum absolute atomic E-state index is 14.7. The molecule has 0 saturated carbocycles. The summed E-state index contributed by atoms with van der Waals surface area (Å²) < 4.78 is 66.4. The zero-order chi connectivity index (χ0) is 40.9. The third kappa shape index (κ3) is 11.5. The van der Waals surface area contributed by atoms with Gasteiger partial charge in [-0.1, -0.05) is 161 Å². The first-order valence-electron chi connectivity index (χ1n) is 19.8. The van der Waals surface area contributed by atoms with Gasteiger partial charge in [0.15, 0.2) is 0 Å². The van der Waals surface area contributed by atoms with Gasteiger partial charge < -0.3 is 18.1 Å². The van der Waals surface area contributed by atoms with Crippen LogP contribution in [-0.4, -0.2) is 0 Å². The van der Waals surface area contributed by atoms with Crippen LogP contribution in [0.15, 0.2) is 170 Å². The third-order valence-electron chi connectivity index (χ3n) is 9.81. The molecule has 6 rings (SSSR count). The van der Waals surface area contributed by atoms with E-state index in [1.807, 2.05) is 98.8 Å². The molecule has 3 atom stereocenters. The smallest absolute Gasteiger partial charge is 0.395 e. The van der Waals surface area contributed by atoms with Crippen LogP contribution in [0, 0.1) is 0 Å². The van der Waals surface area contributed by atoms with Crippen LogP contribution in [0.4, 0.5) is 0 Å². The highest BCUT2D eigenvalue weighted by atomic mass is 31.2. The van der Waals surface area contributed by atoms with Crippen molar-refractivity contribution >= 4 is 15.6 Å². The molecule has 0 fully saturated rings. The average Bonchev–Trinajstić information content (AvgIpc) is 3.23. The zero-order valence-corrected chi connectivity index (χ0v) is 35.4. The van der Waals surface area contributed by atoms with Gasteiger partial charge in [0.25, 0.3) is 0 Å². The quantitative estimate of drug-likeness (QED) is 0.0663. The van der Waals surface area contributed by atoms with E-state index in [0.29, 0.717) is 35.8 Å². The number of hydrogen-bond donors (Lipinski definition) is 0. The Morgan fingerprint density at radius 1 is 0.397 bits per heavy atom. The van der Waals surface area contributed by atoms with Crippen LogP contribution in [0.5, 0.6) is 23.0 Å². The molecule has 302 valence electrons. The minimum atomic E-state index is -4.23. The highest BCUT2D eigenvalue weighted by molar-refractivity contribution is 7.49. The van der Waals surface area contributed by atoms with Gasteiger partial charge in [-0.2, -0.15) is 0 Å². The molecule has 58 heavy (non-hydrogen) atoms. The van der Waals surface area contributed by atoms with Crippen LogP contribution in [-0.2, 0) is 29.4 Å². The maximum atomic E-state index is 14.7. The number of para-hydroxylation sites is 3. The molecule has 0 radical (unpaired) electrons. The fourth-order valence-corrected chi connectivity index (χ4v) is 9.72. The molecule has 0 saturated heterocycles. The van der Waals surface area contributed by atoms with Gasteiger partial charge in [-0.3, -0.25) is 9.05 Å². The number of benzene rings is 6.